The van der Waals surface area contributed by atoms with E-state index in [4.69, 9.17) is 29.0 Å². The van der Waals surface area contributed by atoms with Crippen molar-refractivity contribution >= 4 is 42.6 Å². The normalized spacial score (nSPS) is 15.0. The van der Waals surface area contributed by atoms with E-state index < -0.39 is 28.4 Å². The fourth-order valence-corrected chi connectivity index (χ4v) is 5.33. The molecular formula is C34H72Cl2Fe2N4O6Pt+2. The number of carbonyl (C=O) groups is 4. The second-order valence-electron chi connectivity index (χ2n) is 11.3. The molecular weight excluding hydrogens is 938 g/mol. The third kappa shape index (κ3) is 52.6. The number of rotatable bonds is 10. The van der Waals surface area contributed by atoms with Crippen molar-refractivity contribution in [3.63, 3.8) is 0 Å². The Balaban J connectivity index is -0.0000000612. The summed E-state index contributed by atoms with van der Waals surface area (Å²) in [5, 5.41) is 22.3. The predicted molar refractivity (Wildman–Crippen MR) is 197 cm³/mol. The van der Waals surface area contributed by atoms with Crippen LogP contribution in [0.4, 0.5) is 0 Å². The molecule has 0 aliphatic heterocycles. The molecule has 4 aliphatic carbocycles. The number of aliphatic carboxylic acids is 2. The number of nitrogens with one attached hydrogen (secondary N) is 2. The zero-order chi connectivity index (χ0) is 30.6. The summed E-state index contributed by atoms with van der Waals surface area (Å²) in [6.07, 6.45) is 24.9. The van der Waals surface area contributed by atoms with E-state index in [-0.39, 0.29) is 114 Å². The smallest absolute Gasteiger partial charge is 2.00 e. The summed E-state index contributed by atoms with van der Waals surface area (Å²) < 4.78 is 0. The van der Waals surface area contributed by atoms with Gasteiger partial charge in [-0.15, -0.1) is 0 Å². The van der Waals surface area contributed by atoms with Gasteiger partial charge in [-0.1, -0.05) is 89.9 Å². The van der Waals surface area contributed by atoms with Gasteiger partial charge in [0.05, 0.1) is 12.8 Å². The summed E-state index contributed by atoms with van der Waals surface area (Å²) >= 11 is -0.472. The third-order valence-corrected chi connectivity index (χ3v) is 7.76. The first-order valence-electron chi connectivity index (χ1n) is 15.6. The monoisotopic (exact) mass is 1010 g/mol. The minimum atomic E-state index is -0.916. The molecule has 0 saturated heterocycles. The molecule has 15 heteroatoms. The zero-order valence-electron chi connectivity index (χ0n) is 30.8. The van der Waals surface area contributed by atoms with Crippen LogP contribution in [-0.4, -0.2) is 47.1 Å². The van der Waals surface area contributed by atoms with Gasteiger partial charge in [-0.3, -0.25) is 19.2 Å². The van der Waals surface area contributed by atoms with Crippen molar-refractivity contribution in [1.29, 1.82) is 0 Å². The molecule has 4 fully saturated rings. The maximum absolute atomic E-state index is 11.1. The zero-order valence-corrected chi connectivity index (χ0v) is 36.8. The van der Waals surface area contributed by atoms with E-state index in [1.807, 2.05) is 0 Å². The van der Waals surface area contributed by atoms with Crippen molar-refractivity contribution < 1.29 is 80.0 Å². The van der Waals surface area contributed by atoms with E-state index in [9.17, 15) is 19.2 Å². The van der Waals surface area contributed by atoms with Crippen LogP contribution in [0.3, 0.4) is 0 Å². The second-order valence-corrected chi connectivity index (χ2v) is 14.6. The quantitative estimate of drug-likeness (QED) is 0.0917. The molecule has 4 rings (SSSR count). The van der Waals surface area contributed by atoms with Crippen molar-refractivity contribution in [2.45, 2.75) is 141 Å². The van der Waals surface area contributed by atoms with E-state index in [0.717, 1.165) is 13.1 Å². The second kappa shape index (κ2) is 52.5. The molecule has 0 atom stereocenters. The van der Waals surface area contributed by atoms with E-state index >= 15 is 0 Å². The van der Waals surface area contributed by atoms with Crippen molar-refractivity contribution in [2.24, 2.45) is 11.8 Å². The van der Waals surface area contributed by atoms with Crippen LogP contribution in [0.1, 0.15) is 141 Å². The molecule has 0 bridgehead atoms. The molecule has 0 radical (unpaired) electrons. The largest absolute Gasteiger partial charge is 2.00 e. The van der Waals surface area contributed by atoms with E-state index in [0.29, 0.717) is 11.8 Å². The van der Waals surface area contributed by atoms with Gasteiger partial charge in [0, 0.05) is 25.9 Å². The standard InChI is InChI=1S/2C10H17NO3.2C5H10.4CH3.2ClH.2Fe.2H3N.Pt/c2*12-9(5-6-10(13)14)11-7-8-3-1-2-4-8;2*1-2-4-5-3-1;;;;;;;;;;;/h2*8H,1-7H2,(H,11,12)(H,13,14);2*1-5H2;4*1H3;2*1H;;;2*1H3;/q;;;;4*-1;;;2*+2;;;+4/p-2. The Labute approximate surface area is 339 Å². The third-order valence-electron chi connectivity index (χ3n) is 7.76. The SMILES string of the molecule is C1CCCC1.C1CCCC1.N.N.O=C(O)CCC(=O)NCC1CCCC1.O=C(O)CCC(=O)NCC1CCCC1.[CH3-].[CH3-].[CH3-].[CH3-].[Cl][Pt+2][Cl].[Fe+2].[Fe+2]. The first kappa shape index (κ1) is 70.7. The van der Waals surface area contributed by atoms with Gasteiger partial charge in [-0.25, -0.2) is 0 Å². The fraction of sp³-hybridized carbons (Fsp3) is 0.765. The molecule has 49 heavy (non-hydrogen) atoms. The fourth-order valence-electron chi connectivity index (χ4n) is 5.33. The molecule has 0 aromatic carbocycles. The Kier molecular flexibility index (Phi) is 75.7. The van der Waals surface area contributed by atoms with Gasteiger partial charge in [0.25, 0.3) is 0 Å². The van der Waals surface area contributed by atoms with Crippen molar-refractivity contribution in [2.75, 3.05) is 13.1 Å². The number of carbonyl (C=O) groups excluding carboxylic acids is 2. The minimum Gasteiger partial charge on any atom is 2.00 e. The van der Waals surface area contributed by atoms with Crippen molar-refractivity contribution in [1.82, 2.24) is 22.9 Å². The van der Waals surface area contributed by atoms with E-state index in [2.05, 4.69) is 10.6 Å². The molecule has 0 aromatic heterocycles. The van der Waals surface area contributed by atoms with Crippen LogP contribution >= 0.6 is 18.8 Å². The Hall–Kier alpha value is 0.107. The summed E-state index contributed by atoms with van der Waals surface area (Å²) in [5.41, 5.74) is 0. The van der Waals surface area contributed by atoms with E-state index in [1.54, 1.807) is 0 Å². The summed E-state index contributed by atoms with van der Waals surface area (Å²) in [6.45, 7) is 1.44. The van der Waals surface area contributed by atoms with Crippen LogP contribution in [0.5, 0.6) is 0 Å². The summed E-state index contributed by atoms with van der Waals surface area (Å²) in [5.74, 6) is -0.881. The molecule has 10 N–H and O–H groups in total. The van der Waals surface area contributed by atoms with Crippen LogP contribution in [0.25, 0.3) is 0 Å². The van der Waals surface area contributed by atoms with Gasteiger partial charge in [0.15, 0.2) is 0 Å². The molecule has 4 aliphatic rings. The van der Waals surface area contributed by atoms with Crippen LogP contribution < -0.4 is 22.9 Å². The number of hydrogen-bond acceptors (Lipinski definition) is 6. The number of halogens is 2. The number of hydrogen-bond donors (Lipinski definition) is 6. The Morgan fingerprint density at radius 3 is 0.878 bits per heavy atom. The predicted octanol–water partition coefficient (Wildman–Crippen LogP) is 9.71. The Morgan fingerprint density at radius 2 is 0.694 bits per heavy atom. The maximum Gasteiger partial charge on any atom is 2.00 e. The van der Waals surface area contributed by atoms with Crippen molar-refractivity contribution in [3.05, 3.63) is 29.7 Å². The molecule has 0 unspecified atom stereocenters. The van der Waals surface area contributed by atoms with E-state index in [1.165, 1.54) is 116 Å². The van der Waals surface area contributed by atoms with Gasteiger partial charge < -0.3 is 62.9 Å². The van der Waals surface area contributed by atoms with Crippen LogP contribution in [0.2, 0.25) is 0 Å². The number of carboxylic acid groups (broad SMARTS) is 2. The average molecular weight is 1010 g/mol. The molecule has 0 heterocycles. The Morgan fingerprint density at radius 1 is 0.490 bits per heavy atom. The summed E-state index contributed by atoms with van der Waals surface area (Å²) in [6, 6.07) is 0. The molecule has 2 amide bonds. The topological polar surface area (TPSA) is 203 Å². The molecule has 0 spiro atoms. The van der Waals surface area contributed by atoms with Gasteiger partial charge >= 0.3 is 81.4 Å². The molecule has 0 aromatic rings. The number of carboxylic acids is 2. The van der Waals surface area contributed by atoms with Gasteiger partial charge in [-0.2, -0.15) is 0 Å². The van der Waals surface area contributed by atoms with Crippen LogP contribution in [-0.2, 0) is 69.8 Å². The molecule has 4 saturated carbocycles. The Bertz CT molecular complexity index is 632. The first-order chi connectivity index (χ1) is 19.8. The maximum atomic E-state index is 11.1. The summed E-state index contributed by atoms with van der Waals surface area (Å²) in [7, 11) is 9.75. The average Bonchev–Trinajstić information content (AvgIpc) is 3.79. The molecule has 10 nitrogen and oxygen atoms in total. The van der Waals surface area contributed by atoms with Crippen LogP contribution in [0.15, 0.2) is 0 Å². The summed E-state index contributed by atoms with van der Waals surface area (Å²) in [4.78, 5) is 42.6. The van der Waals surface area contributed by atoms with Crippen LogP contribution in [0, 0.1) is 41.5 Å². The molecule has 302 valence electrons. The van der Waals surface area contributed by atoms with Gasteiger partial charge in [0.1, 0.15) is 0 Å². The van der Waals surface area contributed by atoms with Crippen molar-refractivity contribution in [3.8, 4) is 0 Å². The van der Waals surface area contributed by atoms with Gasteiger partial charge in [-0.05, 0) is 37.5 Å². The van der Waals surface area contributed by atoms with Gasteiger partial charge in [0.2, 0.25) is 11.8 Å². The number of amides is 2. The first-order valence-corrected chi connectivity index (χ1v) is 21.2. The minimum absolute atomic E-state index is 0.